The van der Waals surface area contributed by atoms with Gasteiger partial charge >= 0.3 is 0 Å². The third kappa shape index (κ3) is 5.00. The first-order chi connectivity index (χ1) is 31.4. The molecule has 0 fully saturated rings. The summed E-state index contributed by atoms with van der Waals surface area (Å²) in [5.41, 5.74) is 22.3. The van der Waals surface area contributed by atoms with Crippen LogP contribution in [0.3, 0.4) is 0 Å². The predicted octanol–water partition coefficient (Wildman–Crippen LogP) is 16.4. The lowest BCUT2D eigenvalue weighted by Gasteiger charge is -2.32. The van der Waals surface area contributed by atoms with Gasteiger partial charge in [-0.1, -0.05) is 190 Å². The molecule has 3 aliphatic rings. The maximum absolute atomic E-state index is 14.9. The summed E-state index contributed by atoms with van der Waals surface area (Å²) in [6.07, 6.45) is 0. The highest BCUT2D eigenvalue weighted by atomic mass is 19.1. The number of hydrogen-bond acceptors (Lipinski definition) is 1. The Morgan fingerprint density at radius 1 is 0.344 bits per heavy atom. The van der Waals surface area contributed by atoms with Gasteiger partial charge in [-0.05, 0) is 137 Å². The van der Waals surface area contributed by atoms with Crippen LogP contribution >= 0.6 is 0 Å². The molecule has 3 aliphatic carbocycles. The van der Waals surface area contributed by atoms with Gasteiger partial charge < -0.3 is 4.90 Å². The van der Waals surface area contributed by atoms with Crippen LogP contribution in [0, 0.1) is 5.82 Å². The SMILES string of the molecule is CC1(C)c2ccccc2-c2ccc(N(c3ccc4c(c3)-c3ccccc3C43c4ccccc4-c4ccccc43)c3ccccc3-c3cccc4cccc(-c5cccc(F)c5)c34)cc21. The van der Waals surface area contributed by atoms with Gasteiger partial charge in [0, 0.05) is 22.4 Å². The summed E-state index contributed by atoms with van der Waals surface area (Å²) in [5.74, 6) is -0.246. The number of fused-ring (bicyclic) bond motifs is 14. The molecule has 0 saturated heterocycles. The summed E-state index contributed by atoms with van der Waals surface area (Å²) >= 11 is 0. The summed E-state index contributed by atoms with van der Waals surface area (Å²) in [7, 11) is 0. The van der Waals surface area contributed by atoms with Crippen LogP contribution in [-0.2, 0) is 10.8 Å². The quantitative estimate of drug-likeness (QED) is 0.167. The van der Waals surface area contributed by atoms with E-state index in [1.807, 2.05) is 6.07 Å². The molecule has 302 valence electrons. The molecule has 0 saturated carbocycles. The highest BCUT2D eigenvalue weighted by Gasteiger charge is 2.51. The van der Waals surface area contributed by atoms with Crippen LogP contribution in [0.1, 0.15) is 47.2 Å². The molecule has 0 atom stereocenters. The monoisotopic (exact) mass is 819 g/mol. The molecule has 1 spiro atoms. The highest BCUT2D eigenvalue weighted by molar-refractivity contribution is 6.09. The maximum Gasteiger partial charge on any atom is 0.123 e. The average Bonchev–Trinajstić information content (AvgIpc) is 3.89. The average molecular weight is 820 g/mol. The number of nitrogens with zero attached hydrogens (tertiary/aromatic N) is 1. The summed E-state index contributed by atoms with van der Waals surface area (Å²) in [6, 6.07) is 78.8. The Kier molecular flexibility index (Phi) is 7.82. The van der Waals surface area contributed by atoms with Crippen molar-refractivity contribution in [2.45, 2.75) is 24.7 Å². The number of hydrogen-bond donors (Lipinski definition) is 0. The molecule has 10 aromatic rings. The fourth-order valence-electron chi connectivity index (χ4n) is 11.8. The number of benzene rings is 10. The minimum atomic E-state index is -0.431. The van der Waals surface area contributed by atoms with Gasteiger partial charge in [-0.3, -0.25) is 0 Å². The summed E-state index contributed by atoms with van der Waals surface area (Å²) in [5, 5.41) is 2.20. The van der Waals surface area contributed by atoms with Crippen LogP contribution in [0.2, 0.25) is 0 Å². The molecule has 0 aromatic heterocycles. The van der Waals surface area contributed by atoms with E-state index in [2.05, 4.69) is 213 Å². The highest BCUT2D eigenvalue weighted by Crippen LogP contribution is 2.63. The van der Waals surface area contributed by atoms with E-state index in [4.69, 9.17) is 0 Å². The Balaban J connectivity index is 1.08. The van der Waals surface area contributed by atoms with E-state index in [1.165, 1.54) is 72.8 Å². The first-order valence-corrected chi connectivity index (χ1v) is 22.3. The van der Waals surface area contributed by atoms with Crippen LogP contribution in [0.25, 0.3) is 66.4 Å². The molecular weight excluding hydrogens is 778 g/mol. The van der Waals surface area contributed by atoms with E-state index in [9.17, 15) is 4.39 Å². The van der Waals surface area contributed by atoms with Crippen LogP contribution < -0.4 is 4.90 Å². The lowest BCUT2D eigenvalue weighted by Crippen LogP contribution is -2.25. The zero-order valence-electron chi connectivity index (χ0n) is 35.6. The van der Waals surface area contributed by atoms with Crippen LogP contribution in [0.5, 0.6) is 0 Å². The van der Waals surface area contributed by atoms with Crippen LogP contribution in [0.4, 0.5) is 21.5 Å². The first-order valence-electron chi connectivity index (χ1n) is 22.3. The van der Waals surface area contributed by atoms with Crippen molar-refractivity contribution in [3.63, 3.8) is 0 Å². The second-order valence-electron chi connectivity index (χ2n) is 18.1. The van der Waals surface area contributed by atoms with Crippen molar-refractivity contribution in [3.05, 3.63) is 258 Å². The molecule has 0 unspecified atom stereocenters. The van der Waals surface area contributed by atoms with Gasteiger partial charge in [0.1, 0.15) is 5.82 Å². The number of para-hydroxylation sites is 1. The van der Waals surface area contributed by atoms with Gasteiger partial charge in [0.15, 0.2) is 0 Å². The molecule has 0 heterocycles. The molecular formula is C62H42FN. The lowest BCUT2D eigenvalue weighted by atomic mass is 9.70. The fraction of sp³-hybridized carbons (Fsp3) is 0.0645. The van der Waals surface area contributed by atoms with Crippen molar-refractivity contribution in [2.24, 2.45) is 0 Å². The molecule has 64 heavy (non-hydrogen) atoms. The van der Waals surface area contributed by atoms with Gasteiger partial charge in [0.05, 0.1) is 11.1 Å². The van der Waals surface area contributed by atoms with E-state index >= 15 is 0 Å². The van der Waals surface area contributed by atoms with E-state index in [0.29, 0.717) is 0 Å². The Labute approximate surface area is 373 Å². The van der Waals surface area contributed by atoms with E-state index in [1.54, 1.807) is 12.1 Å². The van der Waals surface area contributed by atoms with Crippen molar-refractivity contribution in [3.8, 4) is 55.6 Å². The molecule has 1 nitrogen and oxygen atoms in total. The third-order valence-corrected chi connectivity index (χ3v) is 14.5. The van der Waals surface area contributed by atoms with Gasteiger partial charge in [-0.15, -0.1) is 0 Å². The molecule has 0 radical (unpaired) electrons. The topological polar surface area (TPSA) is 3.24 Å². The van der Waals surface area contributed by atoms with Crippen molar-refractivity contribution < 1.29 is 4.39 Å². The van der Waals surface area contributed by atoms with Crippen molar-refractivity contribution in [2.75, 3.05) is 4.90 Å². The number of anilines is 3. The first kappa shape index (κ1) is 36.8. The summed E-state index contributed by atoms with van der Waals surface area (Å²) in [6.45, 7) is 4.71. The molecule has 0 bridgehead atoms. The fourth-order valence-corrected chi connectivity index (χ4v) is 11.8. The van der Waals surface area contributed by atoms with Crippen LogP contribution in [-0.4, -0.2) is 0 Å². The zero-order chi connectivity index (χ0) is 42.7. The van der Waals surface area contributed by atoms with E-state index in [-0.39, 0.29) is 11.2 Å². The molecule has 13 rings (SSSR count). The van der Waals surface area contributed by atoms with Gasteiger partial charge in [0.2, 0.25) is 0 Å². The molecule has 0 amide bonds. The molecule has 0 N–H and O–H groups in total. The van der Waals surface area contributed by atoms with E-state index in [0.717, 1.165) is 50.1 Å². The van der Waals surface area contributed by atoms with Crippen molar-refractivity contribution in [1.82, 2.24) is 0 Å². The van der Waals surface area contributed by atoms with Gasteiger partial charge in [-0.2, -0.15) is 0 Å². The molecule has 2 heteroatoms. The Hall–Kier alpha value is -7.81. The minimum Gasteiger partial charge on any atom is -0.310 e. The second kappa shape index (κ2) is 13.6. The minimum absolute atomic E-state index is 0.185. The molecule has 10 aromatic carbocycles. The lowest BCUT2D eigenvalue weighted by molar-refractivity contribution is 0.628. The Morgan fingerprint density at radius 2 is 0.828 bits per heavy atom. The predicted molar refractivity (Wildman–Crippen MR) is 263 cm³/mol. The van der Waals surface area contributed by atoms with Gasteiger partial charge in [-0.25, -0.2) is 4.39 Å². The van der Waals surface area contributed by atoms with Crippen molar-refractivity contribution >= 4 is 27.8 Å². The molecule has 0 aliphatic heterocycles. The Bertz CT molecular complexity index is 3520. The zero-order valence-corrected chi connectivity index (χ0v) is 35.6. The smallest absolute Gasteiger partial charge is 0.123 e. The largest absolute Gasteiger partial charge is 0.310 e. The van der Waals surface area contributed by atoms with Crippen LogP contribution in [0.15, 0.2) is 218 Å². The summed E-state index contributed by atoms with van der Waals surface area (Å²) < 4.78 is 14.9. The normalized spacial score (nSPS) is 14.1. The number of halogens is 1. The standard InChI is InChI=1S/C62H42FN/c1-61(2)53-27-8-3-20-45(53)49-34-32-43(38-58(49)61)64(59-31-12-7-24-50(59)51-26-15-17-39-16-14-25-44(60(39)51)40-18-13-19-41(63)36-40)42-33-35-57-52(37-42)48-23-6-11-30-56(48)62(57)54-28-9-4-21-46(54)47-22-5-10-29-55(47)62/h3-38H,1-2H3. The van der Waals surface area contributed by atoms with E-state index < -0.39 is 5.41 Å². The third-order valence-electron chi connectivity index (χ3n) is 14.5. The Morgan fingerprint density at radius 3 is 1.50 bits per heavy atom. The number of rotatable bonds is 5. The summed E-state index contributed by atoms with van der Waals surface area (Å²) in [4.78, 5) is 2.47. The van der Waals surface area contributed by atoms with Crippen molar-refractivity contribution in [1.29, 1.82) is 0 Å². The second-order valence-corrected chi connectivity index (χ2v) is 18.1. The van der Waals surface area contributed by atoms with Gasteiger partial charge in [0.25, 0.3) is 0 Å². The maximum atomic E-state index is 14.9.